The molecule has 0 spiro atoms. The van der Waals surface area contributed by atoms with Gasteiger partial charge in [-0.05, 0) is 43.7 Å². The molecule has 3 aromatic rings. The standard InChI is InChI=1S/C23H18O5/c1-14-8-9-17(26-14)13-20-22(25)18-10-11-19(15(2)23(18)28-20)27-21(24)12-16-6-4-3-5-7-16/h3-11,13H,12H2,1-2H3/b20-13-. The van der Waals surface area contributed by atoms with Gasteiger partial charge in [0.05, 0.1) is 12.0 Å². The SMILES string of the molecule is Cc1ccc(/C=C2\Oc3c(ccc(OC(=O)Cc4ccccc4)c3C)C2=O)o1. The van der Waals surface area contributed by atoms with E-state index in [4.69, 9.17) is 13.9 Å². The van der Waals surface area contributed by atoms with Gasteiger partial charge in [-0.25, -0.2) is 0 Å². The van der Waals surface area contributed by atoms with E-state index >= 15 is 0 Å². The molecule has 0 N–H and O–H groups in total. The lowest BCUT2D eigenvalue weighted by Crippen LogP contribution is -2.12. The first kappa shape index (κ1) is 17.8. The first-order valence-corrected chi connectivity index (χ1v) is 8.90. The van der Waals surface area contributed by atoms with E-state index in [0.29, 0.717) is 28.4 Å². The van der Waals surface area contributed by atoms with E-state index in [2.05, 4.69) is 0 Å². The van der Waals surface area contributed by atoms with Crippen LogP contribution < -0.4 is 9.47 Å². The molecule has 0 atom stereocenters. The monoisotopic (exact) mass is 374 g/mol. The molecular weight excluding hydrogens is 356 g/mol. The van der Waals surface area contributed by atoms with Gasteiger partial charge in [-0.15, -0.1) is 0 Å². The minimum atomic E-state index is -0.375. The summed E-state index contributed by atoms with van der Waals surface area (Å²) in [5, 5.41) is 0. The van der Waals surface area contributed by atoms with Crippen molar-refractivity contribution < 1.29 is 23.5 Å². The van der Waals surface area contributed by atoms with Crippen LogP contribution in [0.15, 0.2) is 64.8 Å². The number of esters is 1. The molecule has 0 saturated carbocycles. The highest BCUT2D eigenvalue weighted by Crippen LogP contribution is 2.39. The third kappa shape index (κ3) is 3.47. The van der Waals surface area contributed by atoms with E-state index < -0.39 is 0 Å². The minimum absolute atomic E-state index is 0.167. The number of hydrogen-bond donors (Lipinski definition) is 0. The normalized spacial score (nSPS) is 14.1. The third-order valence-electron chi connectivity index (χ3n) is 4.49. The molecule has 1 aliphatic rings. The second kappa shape index (κ2) is 7.19. The largest absolute Gasteiger partial charge is 0.462 e. The quantitative estimate of drug-likeness (QED) is 0.377. The number of rotatable bonds is 4. The Balaban J connectivity index is 1.55. The van der Waals surface area contributed by atoms with Crippen LogP contribution in [-0.2, 0) is 11.2 Å². The average molecular weight is 374 g/mol. The molecule has 0 saturated heterocycles. The van der Waals surface area contributed by atoms with Crippen molar-refractivity contribution in [2.45, 2.75) is 20.3 Å². The Morgan fingerprint density at radius 2 is 1.82 bits per heavy atom. The Morgan fingerprint density at radius 3 is 2.54 bits per heavy atom. The molecule has 140 valence electrons. The number of furan rings is 1. The number of fused-ring (bicyclic) bond motifs is 1. The van der Waals surface area contributed by atoms with Gasteiger partial charge in [0.1, 0.15) is 23.0 Å². The predicted molar refractivity (Wildman–Crippen MR) is 103 cm³/mol. The topological polar surface area (TPSA) is 65.7 Å². The first-order valence-electron chi connectivity index (χ1n) is 8.90. The third-order valence-corrected chi connectivity index (χ3v) is 4.49. The second-order valence-corrected chi connectivity index (χ2v) is 6.59. The average Bonchev–Trinajstić information content (AvgIpc) is 3.22. The number of ether oxygens (including phenoxy) is 2. The van der Waals surface area contributed by atoms with Crippen LogP contribution in [0.25, 0.3) is 6.08 Å². The van der Waals surface area contributed by atoms with Crippen molar-refractivity contribution in [1.29, 1.82) is 0 Å². The van der Waals surface area contributed by atoms with E-state index in [1.807, 2.05) is 43.3 Å². The number of aryl methyl sites for hydroxylation is 1. The summed E-state index contributed by atoms with van der Waals surface area (Å²) in [7, 11) is 0. The van der Waals surface area contributed by atoms with Crippen molar-refractivity contribution in [3.8, 4) is 11.5 Å². The van der Waals surface area contributed by atoms with Gasteiger partial charge in [0.15, 0.2) is 5.76 Å². The summed E-state index contributed by atoms with van der Waals surface area (Å²) >= 11 is 0. The van der Waals surface area contributed by atoms with Crippen molar-refractivity contribution in [2.75, 3.05) is 0 Å². The lowest BCUT2D eigenvalue weighted by Gasteiger charge is -2.10. The van der Waals surface area contributed by atoms with Gasteiger partial charge >= 0.3 is 5.97 Å². The predicted octanol–water partition coefficient (Wildman–Crippen LogP) is 4.66. The Hall–Kier alpha value is -3.60. The first-order chi connectivity index (χ1) is 13.5. The molecule has 0 fully saturated rings. The Morgan fingerprint density at radius 1 is 1.04 bits per heavy atom. The molecular formula is C23H18O5. The van der Waals surface area contributed by atoms with Crippen LogP contribution in [0.2, 0.25) is 0 Å². The van der Waals surface area contributed by atoms with Gasteiger partial charge in [-0.2, -0.15) is 0 Å². The number of benzene rings is 2. The summed E-state index contributed by atoms with van der Waals surface area (Å²) < 4.78 is 16.7. The molecule has 0 aliphatic carbocycles. The molecule has 5 heteroatoms. The van der Waals surface area contributed by atoms with Crippen molar-refractivity contribution in [3.05, 3.63) is 88.6 Å². The zero-order chi connectivity index (χ0) is 19.7. The van der Waals surface area contributed by atoms with Crippen LogP contribution in [-0.4, -0.2) is 11.8 Å². The van der Waals surface area contributed by atoms with E-state index in [0.717, 1.165) is 11.3 Å². The van der Waals surface area contributed by atoms with Gasteiger partial charge in [0.25, 0.3) is 0 Å². The van der Waals surface area contributed by atoms with Crippen LogP contribution >= 0.6 is 0 Å². The van der Waals surface area contributed by atoms with Crippen molar-refractivity contribution in [2.24, 2.45) is 0 Å². The van der Waals surface area contributed by atoms with Crippen LogP contribution in [0.1, 0.15) is 33.0 Å². The summed E-state index contributed by atoms with van der Waals surface area (Å²) in [6, 6.07) is 16.2. The second-order valence-electron chi connectivity index (χ2n) is 6.59. The molecule has 0 unspecified atom stereocenters. The molecule has 1 aliphatic heterocycles. The lowest BCUT2D eigenvalue weighted by molar-refractivity contribution is -0.133. The fraction of sp³-hybridized carbons (Fsp3) is 0.130. The Bertz CT molecular complexity index is 1090. The van der Waals surface area contributed by atoms with Gasteiger partial charge < -0.3 is 13.9 Å². The molecule has 28 heavy (non-hydrogen) atoms. The van der Waals surface area contributed by atoms with Crippen LogP contribution in [0.4, 0.5) is 0 Å². The molecule has 0 amide bonds. The van der Waals surface area contributed by atoms with E-state index in [1.54, 1.807) is 31.2 Å². The molecule has 0 radical (unpaired) electrons. The van der Waals surface area contributed by atoms with Crippen LogP contribution in [0, 0.1) is 13.8 Å². The number of ketones is 1. The Kier molecular flexibility index (Phi) is 4.57. The molecule has 4 rings (SSSR count). The maximum atomic E-state index is 12.6. The highest BCUT2D eigenvalue weighted by molar-refractivity contribution is 6.14. The molecule has 0 bridgehead atoms. The highest BCUT2D eigenvalue weighted by atomic mass is 16.5. The maximum absolute atomic E-state index is 12.6. The maximum Gasteiger partial charge on any atom is 0.315 e. The zero-order valence-corrected chi connectivity index (χ0v) is 15.5. The number of hydrogen-bond acceptors (Lipinski definition) is 5. The molecule has 2 heterocycles. The fourth-order valence-corrected chi connectivity index (χ4v) is 3.06. The number of Topliss-reactive ketones (excluding diaryl/α,β-unsaturated/α-hetero) is 1. The van der Waals surface area contributed by atoms with E-state index in [-0.39, 0.29) is 23.9 Å². The van der Waals surface area contributed by atoms with Crippen molar-refractivity contribution in [1.82, 2.24) is 0 Å². The lowest BCUT2D eigenvalue weighted by atomic mass is 10.1. The molecule has 5 nitrogen and oxygen atoms in total. The van der Waals surface area contributed by atoms with Crippen molar-refractivity contribution in [3.63, 3.8) is 0 Å². The van der Waals surface area contributed by atoms with E-state index in [9.17, 15) is 9.59 Å². The number of carbonyl (C=O) groups excluding carboxylic acids is 2. The fourth-order valence-electron chi connectivity index (χ4n) is 3.06. The molecule has 2 aromatic carbocycles. The highest BCUT2D eigenvalue weighted by Gasteiger charge is 2.30. The number of allylic oxidation sites excluding steroid dienone is 1. The zero-order valence-electron chi connectivity index (χ0n) is 15.5. The summed E-state index contributed by atoms with van der Waals surface area (Å²) in [6.07, 6.45) is 1.73. The summed E-state index contributed by atoms with van der Waals surface area (Å²) in [4.78, 5) is 24.8. The smallest absolute Gasteiger partial charge is 0.315 e. The van der Waals surface area contributed by atoms with Crippen LogP contribution in [0.5, 0.6) is 11.5 Å². The summed E-state index contributed by atoms with van der Waals surface area (Å²) in [5.41, 5.74) is 1.91. The summed E-state index contributed by atoms with van der Waals surface area (Å²) in [5.74, 6) is 1.65. The molecule has 1 aromatic heterocycles. The summed E-state index contributed by atoms with van der Waals surface area (Å²) in [6.45, 7) is 3.59. The van der Waals surface area contributed by atoms with Gasteiger partial charge in [-0.3, -0.25) is 9.59 Å². The van der Waals surface area contributed by atoms with Gasteiger partial charge in [-0.1, -0.05) is 30.3 Å². The van der Waals surface area contributed by atoms with Gasteiger partial charge in [0.2, 0.25) is 5.78 Å². The van der Waals surface area contributed by atoms with Gasteiger partial charge in [0, 0.05) is 11.6 Å². The Labute approximate surface area is 162 Å². The van der Waals surface area contributed by atoms with Crippen LogP contribution in [0.3, 0.4) is 0 Å². The number of carbonyl (C=O) groups is 2. The van der Waals surface area contributed by atoms with Crippen molar-refractivity contribution >= 4 is 17.8 Å². The minimum Gasteiger partial charge on any atom is -0.462 e. The van der Waals surface area contributed by atoms with E-state index in [1.165, 1.54) is 0 Å².